The second-order valence-electron chi connectivity index (χ2n) is 6.24. The molecule has 0 radical (unpaired) electrons. The first kappa shape index (κ1) is 12.2. The molecule has 2 bridgehead atoms. The van der Waals surface area contributed by atoms with Crippen molar-refractivity contribution in [1.29, 1.82) is 0 Å². The molecule has 3 heteroatoms. The molecule has 100 valence electrons. The smallest absolute Gasteiger partial charge is 0.226 e. The largest absolute Gasteiger partial charge is 0.342 e. The van der Waals surface area contributed by atoms with E-state index in [1.807, 2.05) is 7.05 Å². The van der Waals surface area contributed by atoms with E-state index in [2.05, 4.69) is 22.4 Å². The quantitative estimate of drug-likeness (QED) is 0.770. The number of rotatable bonds is 3. The van der Waals surface area contributed by atoms with Gasteiger partial charge in [-0.05, 0) is 57.0 Å². The van der Waals surface area contributed by atoms with Crippen LogP contribution in [0.3, 0.4) is 0 Å². The summed E-state index contributed by atoms with van der Waals surface area (Å²) in [7, 11) is 2.00. The topological polar surface area (TPSA) is 32.3 Å². The zero-order chi connectivity index (χ0) is 12.5. The average molecular weight is 248 g/mol. The van der Waals surface area contributed by atoms with Crippen LogP contribution in [0.2, 0.25) is 0 Å². The van der Waals surface area contributed by atoms with Crippen molar-refractivity contribution in [2.45, 2.75) is 25.7 Å². The van der Waals surface area contributed by atoms with E-state index in [0.717, 1.165) is 26.1 Å². The molecule has 0 aromatic heterocycles. The van der Waals surface area contributed by atoms with E-state index < -0.39 is 0 Å². The zero-order valence-electron chi connectivity index (χ0n) is 11.3. The maximum absolute atomic E-state index is 12.6. The van der Waals surface area contributed by atoms with Gasteiger partial charge in [0.05, 0.1) is 0 Å². The molecule has 3 rings (SSSR count). The molecule has 0 aromatic rings. The molecule has 1 saturated carbocycles. The number of nitrogens with zero attached hydrogens (tertiary/aromatic N) is 1. The number of piperidine rings is 1. The number of nitrogens with one attached hydrogen (secondary N) is 1. The minimum absolute atomic E-state index is 0.299. The Labute approximate surface area is 110 Å². The van der Waals surface area contributed by atoms with Gasteiger partial charge < -0.3 is 10.2 Å². The van der Waals surface area contributed by atoms with Gasteiger partial charge in [-0.25, -0.2) is 0 Å². The normalized spacial score (nSPS) is 38.4. The lowest BCUT2D eigenvalue weighted by atomic mass is 9.90. The number of fused-ring (bicyclic) bond motifs is 2. The van der Waals surface area contributed by atoms with Crippen LogP contribution in [0.15, 0.2) is 12.2 Å². The molecule has 1 aliphatic heterocycles. The molecule has 0 aromatic carbocycles. The van der Waals surface area contributed by atoms with E-state index in [0.29, 0.717) is 29.6 Å². The summed E-state index contributed by atoms with van der Waals surface area (Å²) in [6.07, 6.45) is 9.37. The highest BCUT2D eigenvalue weighted by Crippen LogP contribution is 2.44. The summed E-state index contributed by atoms with van der Waals surface area (Å²) < 4.78 is 0. The van der Waals surface area contributed by atoms with Crippen molar-refractivity contribution in [2.75, 3.05) is 26.7 Å². The number of allylic oxidation sites excluding steroid dienone is 2. The van der Waals surface area contributed by atoms with Crippen LogP contribution < -0.4 is 5.32 Å². The molecule has 2 aliphatic carbocycles. The first-order chi connectivity index (χ1) is 8.78. The van der Waals surface area contributed by atoms with Gasteiger partial charge in [0.1, 0.15) is 0 Å². The molecule has 1 N–H and O–H groups in total. The van der Waals surface area contributed by atoms with Crippen LogP contribution in [0.1, 0.15) is 25.7 Å². The van der Waals surface area contributed by atoms with Gasteiger partial charge >= 0.3 is 0 Å². The Hall–Kier alpha value is -0.830. The molecule has 2 fully saturated rings. The van der Waals surface area contributed by atoms with Gasteiger partial charge in [0, 0.05) is 19.0 Å². The van der Waals surface area contributed by atoms with E-state index in [4.69, 9.17) is 0 Å². The number of amides is 1. The molecule has 3 aliphatic rings. The highest BCUT2D eigenvalue weighted by molar-refractivity contribution is 5.80. The first-order valence-corrected chi connectivity index (χ1v) is 7.39. The molecule has 1 saturated heterocycles. The van der Waals surface area contributed by atoms with Gasteiger partial charge in [-0.1, -0.05) is 12.2 Å². The van der Waals surface area contributed by atoms with Crippen molar-refractivity contribution in [3.8, 4) is 0 Å². The Morgan fingerprint density at radius 1 is 1.39 bits per heavy atom. The molecule has 18 heavy (non-hydrogen) atoms. The minimum Gasteiger partial charge on any atom is -0.342 e. The summed E-state index contributed by atoms with van der Waals surface area (Å²) in [5.41, 5.74) is 0. The van der Waals surface area contributed by atoms with Gasteiger partial charge in [0.2, 0.25) is 5.91 Å². The lowest BCUT2D eigenvalue weighted by Crippen LogP contribution is -2.45. The molecular weight excluding hydrogens is 224 g/mol. The standard InChI is InChI=1S/C15H24N2O/c1-16-9-12-3-2-6-17(10-12)15(18)14-8-11-4-5-13(14)7-11/h4-5,11-14,16H,2-3,6-10H2,1H3. The fourth-order valence-electron chi connectivity index (χ4n) is 4.02. The Kier molecular flexibility index (Phi) is 3.42. The van der Waals surface area contributed by atoms with Crippen molar-refractivity contribution in [3.63, 3.8) is 0 Å². The van der Waals surface area contributed by atoms with E-state index in [-0.39, 0.29) is 0 Å². The molecule has 0 spiro atoms. The monoisotopic (exact) mass is 248 g/mol. The number of hydrogen-bond acceptors (Lipinski definition) is 2. The van der Waals surface area contributed by atoms with E-state index in [1.54, 1.807) is 0 Å². The molecule has 4 atom stereocenters. The number of likely N-dealkylation sites (tertiary alicyclic amines) is 1. The first-order valence-electron chi connectivity index (χ1n) is 7.39. The van der Waals surface area contributed by atoms with E-state index >= 15 is 0 Å². The van der Waals surface area contributed by atoms with Crippen LogP contribution in [0, 0.1) is 23.7 Å². The molecular formula is C15H24N2O. The predicted molar refractivity (Wildman–Crippen MR) is 72.1 cm³/mol. The third kappa shape index (κ3) is 2.20. The fourth-order valence-corrected chi connectivity index (χ4v) is 4.02. The highest BCUT2D eigenvalue weighted by atomic mass is 16.2. The van der Waals surface area contributed by atoms with Gasteiger partial charge in [-0.3, -0.25) is 4.79 Å². The summed E-state index contributed by atoms with van der Waals surface area (Å²) in [5, 5.41) is 3.24. The van der Waals surface area contributed by atoms with Gasteiger partial charge in [0.25, 0.3) is 0 Å². The summed E-state index contributed by atoms with van der Waals surface area (Å²) in [5.74, 6) is 2.64. The maximum atomic E-state index is 12.6. The van der Waals surface area contributed by atoms with E-state index in [1.165, 1.54) is 19.3 Å². The van der Waals surface area contributed by atoms with Crippen molar-refractivity contribution >= 4 is 5.91 Å². The van der Waals surface area contributed by atoms with Crippen LogP contribution in [0.4, 0.5) is 0 Å². The summed E-state index contributed by atoms with van der Waals surface area (Å²) >= 11 is 0. The molecule has 1 amide bonds. The molecule has 4 unspecified atom stereocenters. The second kappa shape index (κ2) is 5.04. The number of hydrogen-bond donors (Lipinski definition) is 1. The van der Waals surface area contributed by atoms with Crippen molar-refractivity contribution in [1.82, 2.24) is 10.2 Å². The zero-order valence-corrected chi connectivity index (χ0v) is 11.3. The molecule has 3 nitrogen and oxygen atoms in total. The summed E-state index contributed by atoms with van der Waals surface area (Å²) in [6, 6.07) is 0. The third-order valence-corrected chi connectivity index (χ3v) is 4.92. The van der Waals surface area contributed by atoms with Crippen LogP contribution >= 0.6 is 0 Å². The Morgan fingerprint density at radius 3 is 2.94 bits per heavy atom. The fraction of sp³-hybridized carbons (Fsp3) is 0.800. The lowest BCUT2D eigenvalue weighted by molar-refractivity contribution is -0.138. The van der Waals surface area contributed by atoms with Crippen LogP contribution in [0.5, 0.6) is 0 Å². The van der Waals surface area contributed by atoms with Gasteiger partial charge in [-0.2, -0.15) is 0 Å². The van der Waals surface area contributed by atoms with Crippen LogP contribution in [-0.2, 0) is 4.79 Å². The van der Waals surface area contributed by atoms with E-state index in [9.17, 15) is 4.79 Å². The summed E-state index contributed by atoms with van der Waals surface area (Å²) in [6.45, 7) is 2.99. The Balaban J connectivity index is 1.60. The molecule has 1 heterocycles. The number of carbonyl (C=O) groups is 1. The number of carbonyl (C=O) groups excluding carboxylic acids is 1. The van der Waals surface area contributed by atoms with Crippen LogP contribution in [-0.4, -0.2) is 37.5 Å². The second-order valence-corrected chi connectivity index (χ2v) is 6.24. The van der Waals surface area contributed by atoms with Gasteiger partial charge in [0.15, 0.2) is 0 Å². The van der Waals surface area contributed by atoms with Crippen molar-refractivity contribution in [2.24, 2.45) is 23.7 Å². The van der Waals surface area contributed by atoms with Gasteiger partial charge in [-0.15, -0.1) is 0 Å². The van der Waals surface area contributed by atoms with Crippen molar-refractivity contribution in [3.05, 3.63) is 12.2 Å². The SMILES string of the molecule is CNCC1CCCN(C(=O)C2CC3C=CC2C3)C1. The lowest BCUT2D eigenvalue weighted by Gasteiger charge is -2.35. The average Bonchev–Trinajstić information content (AvgIpc) is 3.01. The van der Waals surface area contributed by atoms with Crippen molar-refractivity contribution < 1.29 is 4.79 Å². The third-order valence-electron chi connectivity index (χ3n) is 4.92. The predicted octanol–water partition coefficient (Wildman–Crippen LogP) is 1.66. The minimum atomic E-state index is 0.299. The Morgan fingerprint density at radius 2 is 2.28 bits per heavy atom. The van der Waals surface area contributed by atoms with Crippen LogP contribution in [0.25, 0.3) is 0 Å². The maximum Gasteiger partial charge on any atom is 0.226 e. The summed E-state index contributed by atoms with van der Waals surface area (Å²) in [4.78, 5) is 14.8. The highest BCUT2D eigenvalue weighted by Gasteiger charge is 2.42. The Bertz CT molecular complexity index is 350.